The van der Waals surface area contributed by atoms with Gasteiger partial charge in [-0.05, 0) is 42.5 Å². The van der Waals surface area contributed by atoms with E-state index in [1.165, 1.54) is 20.1 Å². The third-order valence-corrected chi connectivity index (χ3v) is 5.65. The first-order valence-corrected chi connectivity index (χ1v) is 8.61. The third-order valence-electron chi connectivity index (χ3n) is 3.47. The first kappa shape index (κ1) is 13.7. The quantitative estimate of drug-likeness (QED) is 0.734. The molecule has 3 rings (SSSR count). The SMILES string of the molecule is CCc1ccsc1CNC(C)c1nc2ccccc2s1. The number of nitrogens with zero attached hydrogens (tertiary/aromatic N) is 1. The first-order valence-electron chi connectivity index (χ1n) is 6.92. The number of thiophene rings is 1. The van der Waals surface area contributed by atoms with Gasteiger partial charge in [-0.2, -0.15) is 0 Å². The Hall–Kier alpha value is -1.23. The van der Waals surface area contributed by atoms with Gasteiger partial charge >= 0.3 is 0 Å². The maximum Gasteiger partial charge on any atom is 0.111 e. The molecule has 0 amide bonds. The maximum atomic E-state index is 4.71. The Labute approximate surface area is 127 Å². The van der Waals surface area contributed by atoms with Gasteiger partial charge in [0.2, 0.25) is 0 Å². The maximum absolute atomic E-state index is 4.71. The number of aromatic nitrogens is 1. The van der Waals surface area contributed by atoms with E-state index in [0.29, 0.717) is 6.04 Å². The number of rotatable bonds is 5. The zero-order valence-corrected chi connectivity index (χ0v) is 13.4. The molecule has 0 bridgehead atoms. The van der Waals surface area contributed by atoms with Crippen LogP contribution >= 0.6 is 22.7 Å². The number of hydrogen-bond acceptors (Lipinski definition) is 4. The average Bonchev–Trinajstić information content (AvgIpc) is 3.10. The van der Waals surface area contributed by atoms with E-state index >= 15 is 0 Å². The molecular formula is C16H18N2S2. The molecule has 4 heteroatoms. The van der Waals surface area contributed by atoms with E-state index in [1.54, 1.807) is 11.3 Å². The standard InChI is InChI=1S/C16H18N2S2/c1-3-12-8-9-19-15(12)10-17-11(2)16-18-13-6-4-5-7-14(13)20-16/h4-9,11,17H,3,10H2,1-2H3. The van der Waals surface area contributed by atoms with Crippen molar-refractivity contribution in [3.8, 4) is 0 Å². The molecule has 1 unspecified atom stereocenters. The highest BCUT2D eigenvalue weighted by molar-refractivity contribution is 7.18. The van der Waals surface area contributed by atoms with Crippen molar-refractivity contribution in [3.05, 3.63) is 51.2 Å². The van der Waals surface area contributed by atoms with Gasteiger partial charge in [0.05, 0.1) is 16.3 Å². The van der Waals surface area contributed by atoms with Gasteiger partial charge in [0.15, 0.2) is 0 Å². The molecule has 0 aliphatic rings. The predicted octanol–water partition coefficient (Wildman–Crippen LogP) is 4.77. The fourth-order valence-corrected chi connectivity index (χ4v) is 4.17. The lowest BCUT2D eigenvalue weighted by Gasteiger charge is -2.10. The average molecular weight is 302 g/mol. The minimum absolute atomic E-state index is 0.291. The largest absolute Gasteiger partial charge is 0.303 e. The van der Waals surface area contributed by atoms with E-state index in [1.807, 2.05) is 17.4 Å². The second kappa shape index (κ2) is 6.04. The van der Waals surface area contributed by atoms with E-state index in [0.717, 1.165) is 18.5 Å². The minimum Gasteiger partial charge on any atom is -0.303 e. The van der Waals surface area contributed by atoms with Crippen LogP contribution in [0.4, 0.5) is 0 Å². The van der Waals surface area contributed by atoms with Crippen LogP contribution in [0.15, 0.2) is 35.7 Å². The monoisotopic (exact) mass is 302 g/mol. The summed E-state index contributed by atoms with van der Waals surface area (Å²) in [6.07, 6.45) is 1.11. The first-order chi connectivity index (χ1) is 9.78. The van der Waals surface area contributed by atoms with Crippen LogP contribution in [0, 0.1) is 0 Å². The normalized spacial score (nSPS) is 12.9. The zero-order chi connectivity index (χ0) is 13.9. The van der Waals surface area contributed by atoms with Crippen LogP contribution in [-0.4, -0.2) is 4.98 Å². The highest BCUT2D eigenvalue weighted by Crippen LogP contribution is 2.26. The molecule has 3 aromatic rings. The number of thiazole rings is 1. The van der Waals surface area contributed by atoms with Crippen LogP contribution in [0.1, 0.15) is 35.3 Å². The number of hydrogen-bond donors (Lipinski definition) is 1. The van der Waals surface area contributed by atoms with Crippen LogP contribution in [0.2, 0.25) is 0 Å². The Morgan fingerprint density at radius 1 is 1.25 bits per heavy atom. The van der Waals surface area contributed by atoms with E-state index in [4.69, 9.17) is 4.98 Å². The summed E-state index contributed by atoms with van der Waals surface area (Å²) >= 11 is 3.62. The van der Waals surface area contributed by atoms with Gasteiger partial charge in [-0.25, -0.2) is 4.98 Å². The molecule has 1 aromatic carbocycles. The summed E-state index contributed by atoms with van der Waals surface area (Å²) in [5.41, 5.74) is 2.56. The van der Waals surface area contributed by atoms with Crippen LogP contribution in [-0.2, 0) is 13.0 Å². The Bertz CT molecular complexity index is 666. The van der Waals surface area contributed by atoms with Crippen molar-refractivity contribution in [1.29, 1.82) is 0 Å². The number of nitrogens with one attached hydrogen (secondary N) is 1. The Balaban J connectivity index is 1.71. The van der Waals surface area contributed by atoms with Gasteiger partial charge in [0.25, 0.3) is 0 Å². The van der Waals surface area contributed by atoms with E-state index in [-0.39, 0.29) is 0 Å². The molecule has 0 saturated carbocycles. The summed E-state index contributed by atoms with van der Waals surface area (Å²) in [6.45, 7) is 5.33. The Morgan fingerprint density at radius 3 is 2.90 bits per heavy atom. The Morgan fingerprint density at radius 2 is 2.10 bits per heavy atom. The second-order valence-electron chi connectivity index (χ2n) is 4.84. The van der Waals surface area contributed by atoms with Crippen molar-refractivity contribution in [2.24, 2.45) is 0 Å². The number of aryl methyl sites for hydroxylation is 1. The Kier molecular flexibility index (Phi) is 4.15. The smallest absolute Gasteiger partial charge is 0.111 e. The highest BCUT2D eigenvalue weighted by atomic mass is 32.1. The van der Waals surface area contributed by atoms with E-state index in [2.05, 4.69) is 48.8 Å². The predicted molar refractivity (Wildman–Crippen MR) is 88.6 cm³/mol. The van der Waals surface area contributed by atoms with Crippen LogP contribution in [0.3, 0.4) is 0 Å². The molecular weight excluding hydrogens is 284 g/mol. The molecule has 2 nitrogen and oxygen atoms in total. The van der Waals surface area contributed by atoms with E-state index in [9.17, 15) is 0 Å². The number of fused-ring (bicyclic) bond motifs is 1. The fourth-order valence-electron chi connectivity index (χ4n) is 2.25. The van der Waals surface area contributed by atoms with Gasteiger partial charge in [-0.3, -0.25) is 0 Å². The lowest BCUT2D eigenvalue weighted by atomic mass is 10.2. The highest BCUT2D eigenvalue weighted by Gasteiger charge is 2.12. The number of para-hydroxylation sites is 1. The van der Waals surface area contributed by atoms with Gasteiger partial charge < -0.3 is 5.32 Å². The van der Waals surface area contributed by atoms with Crippen LogP contribution in [0.5, 0.6) is 0 Å². The van der Waals surface area contributed by atoms with Crippen molar-refractivity contribution in [1.82, 2.24) is 10.3 Å². The lowest BCUT2D eigenvalue weighted by molar-refractivity contribution is 0.575. The summed E-state index contributed by atoms with van der Waals surface area (Å²) in [7, 11) is 0. The molecule has 0 spiro atoms. The molecule has 104 valence electrons. The molecule has 0 aliphatic heterocycles. The summed E-state index contributed by atoms with van der Waals surface area (Å²) in [5, 5.41) is 6.94. The van der Waals surface area contributed by atoms with Crippen molar-refractivity contribution in [2.45, 2.75) is 32.9 Å². The van der Waals surface area contributed by atoms with Gasteiger partial charge in [0.1, 0.15) is 5.01 Å². The summed E-state index contributed by atoms with van der Waals surface area (Å²) in [6, 6.07) is 10.8. The van der Waals surface area contributed by atoms with Gasteiger partial charge in [-0.1, -0.05) is 19.1 Å². The summed E-state index contributed by atoms with van der Waals surface area (Å²) in [4.78, 5) is 6.16. The summed E-state index contributed by atoms with van der Waals surface area (Å²) < 4.78 is 1.27. The lowest BCUT2D eigenvalue weighted by Crippen LogP contribution is -2.17. The molecule has 1 atom stereocenters. The molecule has 0 fully saturated rings. The number of benzene rings is 1. The molecule has 2 heterocycles. The van der Waals surface area contributed by atoms with Crippen molar-refractivity contribution >= 4 is 32.9 Å². The third kappa shape index (κ3) is 2.77. The van der Waals surface area contributed by atoms with E-state index < -0.39 is 0 Å². The van der Waals surface area contributed by atoms with Gasteiger partial charge in [-0.15, -0.1) is 22.7 Å². The topological polar surface area (TPSA) is 24.9 Å². The zero-order valence-electron chi connectivity index (χ0n) is 11.7. The van der Waals surface area contributed by atoms with Crippen molar-refractivity contribution in [2.75, 3.05) is 0 Å². The van der Waals surface area contributed by atoms with Gasteiger partial charge in [0, 0.05) is 11.4 Å². The molecule has 20 heavy (non-hydrogen) atoms. The molecule has 0 saturated heterocycles. The summed E-state index contributed by atoms with van der Waals surface area (Å²) in [5.74, 6) is 0. The van der Waals surface area contributed by atoms with Crippen molar-refractivity contribution < 1.29 is 0 Å². The second-order valence-corrected chi connectivity index (χ2v) is 6.91. The molecule has 0 aliphatic carbocycles. The fraction of sp³-hybridized carbons (Fsp3) is 0.312. The van der Waals surface area contributed by atoms with Crippen molar-refractivity contribution in [3.63, 3.8) is 0 Å². The molecule has 0 radical (unpaired) electrons. The van der Waals surface area contributed by atoms with Crippen LogP contribution in [0.25, 0.3) is 10.2 Å². The molecule has 2 aromatic heterocycles. The molecule has 1 N–H and O–H groups in total. The minimum atomic E-state index is 0.291. The van der Waals surface area contributed by atoms with Crippen LogP contribution < -0.4 is 5.32 Å².